The van der Waals surface area contributed by atoms with Crippen molar-refractivity contribution in [2.45, 2.75) is 50.8 Å². The molecule has 0 saturated carbocycles. The minimum Gasteiger partial charge on any atom is -0.379 e. The van der Waals surface area contributed by atoms with Crippen LogP contribution in [0.25, 0.3) is 5.57 Å². The molecule has 2 aliphatic heterocycles. The van der Waals surface area contributed by atoms with Crippen molar-refractivity contribution in [1.82, 2.24) is 14.7 Å². The van der Waals surface area contributed by atoms with Crippen LogP contribution in [0.2, 0.25) is 0 Å². The van der Waals surface area contributed by atoms with E-state index >= 15 is 0 Å². The Kier molecular flexibility index (Phi) is 4.78. The lowest BCUT2D eigenvalue weighted by Gasteiger charge is -2.36. The average Bonchev–Trinajstić information content (AvgIpc) is 3.14. The molecule has 1 aromatic rings. The smallest absolute Gasteiger partial charge is 0.150 e. The summed E-state index contributed by atoms with van der Waals surface area (Å²) in [6, 6.07) is 0.694. The maximum Gasteiger partial charge on any atom is 0.150 e. The second-order valence-electron chi connectivity index (χ2n) is 6.84. The number of morpholine rings is 1. The molecular weight excluding hydrogens is 290 g/mol. The van der Waals surface area contributed by atoms with E-state index in [0.717, 1.165) is 52.2 Å². The van der Waals surface area contributed by atoms with Gasteiger partial charge in [-0.3, -0.25) is 4.90 Å². The first-order valence-corrected chi connectivity index (χ1v) is 9.07. The van der Waals surface area contributed by atoms with E-state index in [1.165, 1.54) is 30.4 Å². The van der Waals surface area contributed by atoms with Crippen LogP contribution in [0.1, 0.15) is 50.3 Å². The van der Waals surface area contributed by atoms with E-state index in [9.17, 15) is 0 Å². The number of nitrogens with zero attached hydrogens (tertiary/aromatic N) is 3. The molecule has 1 aliphatic carbocycles. The van der Waals surface area contributed by atoms with Gasteiger partial charge in [-0.15, -0.1) is 0 Å². The lowest BCUT2D eigenvalue weighted by Crippen LogP contribution is -2.43. The molecule has 0 radical (unpaired) electrons. The summed E-state index contributed by atoms with van der Waals surface area (Å²) in [4.78, 5) is 2.59. The molecule has 4 rings (SSSR count). The van der Waals surface area contributed by atoms with Crippen LogP contribution in [-0.4, -0.2) is 53.6 Å². The topological polar surface area (TPSA) is 39.5 Å². The summed E-state index contributed by atoms with van der Waals surface area (Å²) in [6.45, 7) is 4.82. The Morgan fingerprint density at radius 2 is 2.00 bits per heavy atom. The van der Waals surface area contributed by atoms with Gasteiger partial charge in [-0.05, 0) is 44.1 Å². The van der Waals surface area contributed by atoms with Gasteiger partial charge in [-0.1, -0.05) is 6.08 Å². The molecule has 0 N–H and O–H groups in total. The molecule has 126 valence electrons. The Morgan fingerprint density at radius 3 is 2.74 bits per heavy atom. The molecule has 3 heterocycles. The number of rotatable bonds is 3. The summed E-state index contributed by atoms with van der Waals surface area (Å²) in [5, 5.41) is 4.55. The van der Waals surface area contributed by atoms with E-state index in [2.05, 4.69) is 22.3 Å². The standard InChI is InChI=1S/C18H27N3O2/c1-2-10-23-18(3-1)21-14-16(13-19-21)15-4-6-17(7-5-15)20-8-11-22-12-9-20/h4,13-14,17-18H,1-3,5-12H2. The Hall–Kier alpha value is -1.17. The summed E-state index contributed by atoms with van der Waals surface area (Å²) < 4.78 is 13.3. The van der Waals surface area contributed by atoms with Gasteiger partial charge in [0, 0.05) is 37.5 Å². The van der Waals surface area contributed by atoms with Crippen LogP contribution in [0.5, 0.6) is 0 Å². The Labute approximate surface area is 138 Å². The van der Waals surface area contributed by atoms with Gasteiger partial charge in [-0.2, -0.15) is 5.10 Å². The maximum atomic E-state index is 5.82. The average molecular weight is 317 g/mol. The zero-order chi connectivity index (χ0) is 15.5. The zero-order valence-electron chi connectivity index (χ0n) is 13.8. The van der Waals surface area contributed by atoms with Gasteiger partial charge in [0.05, 0.1) is 19.4 Å². The number of aromatic nitrogens is 2. The molecule has 0 bridgehead atoms. The molecule has 0 aromatic carbocycles. The van der Waals surface area contributed by atoms with Crippen LogP contribution in [0.15, 0.2) is 18.5 Å². The van der Waals surface area contributed by atoms with Gasteiger partial charge in [0.2, 0.25) is 0 Å². The van der Waals surface area contributed by atoms with Crippen LogP contribution < -0.4 is 0 Å². The minimum atomic E-state index is 0.141. The highest BCUT2D eigenvalue weighted by molar-refractivity contribution is 5.65. The van der Waals surface area contributed by atoms with Crippen molar-refractivity contribution >= 4 is 5.57 Å². The van der Waals surface area contributed by atoms with E-state index in [0.29, 0.717) is 6.04 Å². The molecule has 1 aromatic heterocycles. The fourth-order valence-corrected chi connectivity index (χ4v) is 3.95. The van der Waals surface area contributed by atoms with Gasteiger partial charge in [0.15, 0.2) is 0 Å². The monoisotopic (exact) mass is 317 g/mol. The van der Waals surface area contributed by atoms with E-state index in [-0.39, 0.29) is 6.23 Å². The van der Waals surface area contributed by atoms with E-state index < -0.39 is 0 Å². The minimum absolute atomic E-state index is 0.141. The summed E-state index contributed by atoms with van der Waals surface area (Å²) in [5.74, 6) is 0. The highest BCUT2D eigenvalue weighted by atomic mass is 16.5. The first kappa shape index (κ1) is 15.4. The molecular formula is C18H27N3O2. The predicted octanol–water partition coefficient (Wildman–Crippen LogP) is 2.85. The third-order valence-corrected chi connectivity index (χ3v) is 5.37. The second kappa shape index (κ2) is 7.16. The SMILES string of the molecule is C1=C(c2cnn(C3CCCCO3)c2)CCC(N2CCOCC2)C1. The van der Waals surface area contributed by atoms with E-state index in [1.807, 2.05) is 10.9 Å². The number of ether oxygens (including phenoxy) is 2. The van der Waals surface area contributed by atoms with Crippen LogP contribution >= 0.6 is 0 Å². The lowest BCUT2D eigenvalue weighted by atomic mass is 9.91. The van der Waals surface area contributed by atoms with Gasteiger partial charge >= 0.3 is 0 Å². The van der Waals surface area contributed by atoms with Crippen molar-refractivity contribution in [2.24, 2.45) is 0 Å². The highest BCUT2D eigenvalue weighted by Gasteiger charge is 2.24. The Balaban J connectivity index is 1.39. The van der Waals surface area contributed by atoms with Crippen LogP contribution in [0, 0.1) is 0 Å². The van der Waals surface area contributed by atoms with Crippen LogP contribution in [0.3, 0.4) is 0 Å². The summed E-state index contributed by atoms with van der Waals surface area (Å²) in [6.07, 6.45) is 13.8. The van der Waals surface area contributed by atoms with Gasteiger partial charge in [-0.25, -0.2) is 4.68 Å². The molecule has 23 heavy (non-hydrogen) atoms. The normalized spacial score (nSPS) is 30.2. The highest BCUT2D eigenvalue weighted by Crippen LogP contribution is 2.30. The van der Waals surface area contributed by atoms with Gasteiger partial charge in [0.1, 0.15) is 6.23 Å². The number of hydrogen-bond donors (Lipinski definition) is 0. The molecule has 2 fully saturated rings. The van der Waals surface area contributed by atoms with Crippen molar-refractivity contribution < 1.29 is 9.47 Å². The lowest BCUT2D eigenvalue weighted by molar-refractivity contribution is -0.0395. The van der Waals surface area contributed by atoms with Gasteiger partial charge < -0.3 is 9.47 Å². The third kappa shape index (κ3) is 3.52. The van der Waals surface area contributed by atoms with Gasteiger partial charge in [0.25, 0.3) is 0 Å². The van der Waals surface area contributed by atoms with Crippen LogP contribution in [0.4, 0.5) is 0 Å². The molecule has 2 atom stereocenters. The molecule has 2 unspecified atom stereocenters. The first-order valence-electron chi connectivity index (χ1n) is 9.07. The summed E-state index contributed by atoms with van der Waals surface area (Å²) in [5.41, 5.74) is 2.73. The van der Waals surface area contributed by atoms with Crippen molar-refractivity contribution in [1.29, 1.82) is 0 Å². The molecule has 3 aliphatic rings. The molecule has 0 amide bonds. The van der Waals surface area contributed by atoms with Crippen molar-refractivity contribution in [2.75, 3.05) is 32.9 Å². The number of allylic oxidation sites excluding steroid dienone is 1. The quantitative estimate of drug-likeness (QED) is 0.859. The third-order valence-electron chi connectivity index (χ3n) is 5.37. The van der Waals surface area contributed by atoms with Crippen molar-refractivity contribution in [3.63, 3.8) is 0 Å². The first-order chi connectivity index (χ1) is 11.4. The predicted molar refractivity (Wildman–Crippen MR) is 89.1 cm³/mol. The summed E-state index contributed by atoms with van der Waals surface area (Å²) in [7, 11) is 0. The number of hydrogen-bond acceptors (Lipinski definition) is 4. The Bertz CT molecular complexity index is 542. The maximum absolute atomic E-state index is 5.82. The Morgan fingerprint density at radius 1 is 1.09 bits per heavy atom. The fraction of sp³-hybridized carbons (Fsp3) is 0.722. The molecule has 5 heteroatoms. The van der Waals surface area contributed by atoms with Crippen molar-refractivity contribution in [3.8, 4) is 0 Å². The summed E-state index contributed by atoms with van der Waals surface area (Å²) >= 11 is 0. The van der Waals surface area contributed by atoms with Crippen LogP contribution in [-0.2, 0) is 9.47 Å². The molecule has 0 spiro atoms. The second-order valence-corrected chi connectivity index (χ2v) is 6.84. The largest absolute Gasteiger partial charge is 0.379 e. The van der Waals surface area contributed by atoms with E-state index in [1.54, 1.807) is 0 Å². The zero-order valence-corrected chi connectivity index (χ0v) is 13.8. The van der Waals surface area contributed by atoms with Crippen molar-refractivity contribution in [3.05, 3.63) is 24.0 Å². The fourth-order valence-electron chi connectivity index (χ4n) is 3.95. The molecule has 2 saturated heterocycles. The van der Waals surface area contributed by atoms with E-state index in [4.69, 9.17) is 9.47 Å². The molecule has 5 nitrogen and oxygen atoms in total.